The molecule has 4 atom stereocenters. The average Bonchev–Trinajstić information content (AvgIpc) is 2.61. The lowest BCUT2D eigenvalue weighted by atomic mass is 10.1. The summed E-state index contributed by atoms with van der Waals surface area (Å²) in [7, 11) is 0. The highest BCUT2D eigenvalue weighted by Crippen LogP contribution is 2.25. The molecule has 0 saturated carbocycles. The molecule has 2 heterocycles. The van der Waals surface area contributed by atoms with Crippen molar-refractivity contribution in [3.05, 3.63) is 0 Å². The molecule has 2 rings (SSSR count). The molecule has 2 aliphatic heterocycles. The molecule has 0 spiro atoms. The van der Waals surface area contributed by atoms with Gasteiger partial charge in [-0.05, 0) is 12.2 Å². The average molecular weight is 279 g/mol. The molecular formula is C8H13N3O6S. The maximum absolute atomic E-state index is 11.6. The fraction of sp³-hybridized carbons (Fsp3) is 0.750. The number of aliphatic hydroxyl groups excluding tert-OH is 3. The lowest BCUT2D eigenvalue weighted by Crippen LogP contribution is -2.62. The summed E-state index contributed by atoms with van der Waals surface area (Å²) in [6, 6.07) is -0.667. The summed E-state index contributed by atoms with van der Waals surface area (Å²) in [6.45, 7) is -0.803. The van der Waals surface area contributed by atoms with E-state index in [9.17, 15) is 20.2 Å². The lowest BCUT2D eigenvalue weighted by Gasteiger charge is -2.37. The second kappa shape index (κ2) is 4.91. The molecule has 2 amide bonds. The highest BCUT2D eigenvalue weighted by atomic mass is 32.1. The Hall–Kier alpha value is -1.04. The smallest absolute Gasteiger partial charge is 0.327 e. The van der Waals surface area contributed by atoms with Crippen LogP contribution in [0.25, 0.3) is 0 Å². The lowest BCUT2D eigenvalue weighted by molar-refractivity contribution is -0.130. The minimum Gasteiger partial charge on any atom is -0.394 e. The van der Waals surface area contributed by atoms with Gasteiger partial charge >= 0.3 is 6.03 Å². The Balaban J connectivity index is 2.12. The third-order valence-electron chi connectivity index (χ3n) is 2.82. The van der Waals surface area contributed by atoms with Crippen LogP contribution in [0.15, 0.2) is 0 Å². The molecule has 9 nitrogen and oxygen atoms in total. The highest BCUT2D eigenvalue weighted by Gasteiger charge is 2.48. The van der Waals surface area contributed by atoms with Crippen molar-refractivity contribution in [3.8, 4) is 0 Å². The van der Waals surface area contributed by atoms with E-state index in [4.69, 9.17) is 9.84 Å². The number of urea groups is 1. The monoisotopic (exact) mass is 279 g/mol. The molecule has 0 aromatic rings. The van der Waals surface area contributed by atoms with Crippen LogP contribution in [0.2, 0.25) is 0 Å². The topological polar surface area (TPSA) is 126 Å². The second-order valence-electron chi connectivity index (χ2n) is 3.97. The van der Waals surface area contributed by atoms with Crippen molar-refractivity contribution in [2.24, 2.45) is 0 Å². The summed E-state index contributed by atoms with van der Waals surface area (Å²) >= 11 is 4.66. The molecule has 0 aliphatic carbocycles. The first-order valence-corrected chi connectivity index (χ1v) is 5.57. The number of amides is 2. The van der Waals surface area contributed by atoms with Crippen molar-refractivity contribution in [1.29, 1.82) is 0 Å². The number of hydroxylamine groups is 2. The quantitative estimate of drug-likeness (QED) is 0.348. The van der Waals surface area contributed by atoms with Gasteiger partial charge in [-0.2, -0.15) is 0 Å². The Morgan fingerprint density at radius 2 is 2.11 bits per heavy atom. The van der Waals surface area contributed by atoms with E-state index in [1.807, 2.05) is 0 Å². The van der Waals surface area contributed by atoms with Crippen molar-refractivity contribution < 1.29 is 30.1 Å². The van der Waals surface area contributed by atoms with E-state index in [1.165, 1.54) is 0 Å². The van der Waals surface area contributed by atoms with Crippen LogP contribution in [-0.4, -0.2) is 79.4 Å². The number of nitrogens with zero attached hydrogens (tertiary/aromatic N) is 2. The Labute approximate surface area is 107 Å². The number of carbonyl (C=O) groups is 1. The molecular weight excluding hydrogens is 266 g/mol. The third kappa shape index (κ3) is 2.13. The van der Waals surface area contributed by atoms with Crippen LogP contribution in [0, 0.1) is 0 Å². The van der Waals surface area contributed by atoms with Crippen LogP contribution in [0.5, 0.6) is 0 Å². The molecule has 5 N–H and O–H groups in total. The van der Waals surface area contributed by atoms with E-state index in [2.05, 4.69) is 17.5 Å². The molecule has 0 radical (unpaired) electrons. The summed E-state index contributed by atoms with van der Waals surface area (Å²) < 4.78 is 5.16. The van der Waals surface area contributed by atoms with Crippen LogP contribution < -0.4 is 5.32 Å². The van der Waals surface area contributed by atoms with Gasteiger partial charge in [0.25, 0.3) is 0 Å². The van der Waals surface area contributed by atoms with Crippen molar-refractivity contribution in [3.63, 3.8) is 0 Å². The van der Waals surface area contributed by atoms with Crippen LogP contribution in [-0.2, 0) is 4.74 Å². The standard InChI is InChI=1S/C8H13N3O6S/c12-1-3-4(13)5(14)6(17-3)10-2-11(16)8(18)9-7(10)15/h3-6,12-14,16H,1-2H2,(H,9,15,18)/t3-,4?,5?,6-/m0/s1. The van der Waals surface area contributed by atoms with Crippen molar-refractivity contribution in [2.75, 3.05) is 13.3 Å². The zero-order valence-corrected chi connectivity index (χ0v) is 9.95. The van der Waals surface area contributed by atoms with E-state index in [-0.39, 0.29) is 11.8 Å². The maximum atomic E-state index is 11.6. The number of ether oxygens (including phenoxy) is 1. The molecule has 0 aromatic carbocycles. The van der Waals surface area contributed by atoms with E-state index >= 15 is 0 Å². The zero-order chi connectivity index (χ0) is 13.4. The number of nitrogens with one attached hydrogen (secondary N) is 1. The molecule has 18 heavy (non-hydrogen) atoms. The minimum atomic E-state index is -1.38. The summed E-state index contributed by atoms with van der Waals surface area (Å²) in [5.41, 5.74) is 0. The number of aliphatic hydroxyl groups is 3. The van der Waals surface area contributed by atoms with Gasteiger partial charge in [-0.3, -0.25) is 15.4 Å². The molecule has 2 aliphatic rings. The summed E-state index contributed by atoms with van der Waals surface area (Å²) in [5, 5.41) is 40.2. The molecule has 0 bridgehead atoms. The number of hydrogen-bond donors (Lipinski definition) is 5. The van der Waals surface area contributed by atoms with Crippen molar-refractivity contribution >= 4 is 23.4 Å². The Morgan fingerprint density at radius 3 is 2.67 bits per heavy atom. The fourth-order valence-corrected chi connectivity index (χ4v) is 1.98. The molecule has 102 valence electrons. The first kappa shape index (κ1) is 13.4. The largest absolute Gasteiger partial charge is 0.394 e. The van der Waals surface area contributed by atoms with E-state index < -0.39 is 37.2 Å². The minimum absolute atomic E-state index is 0.164. The maximum Gasteiger partial charge on any atom is 0.327 e. The van der Waals surface area contributed by atoms with Gasteiger partial charge in [-0.1, -0.05) is 0 Å². The zero-order valence-electron chi connectivity index (χ0n) is 9.13. The summed E-state index contributed by atoms with van der Waals surface area (Å²) in [4.78, 5) is 12.6. The van der Waals surface area contributed by atoms with Gasteiger partial charge in [-0.15, -0.1) is 0 Å². The van der Waals surface area contributed by atoms with Crippen LogP contribution in [0.3, 0.4) is 0 Å². The fourth-order valence-electron chi connectivity index (χ4n) is 1.83. The predicted molar refractivity (Wildman–Crippen MR) is 59.2 cm³/mol. The number of thiocarbonyl (C=S) groups is 1. The Morgan fingerprint density at radius 1 is 1.44 bits per heavy atom. The molecule has 2 fully saturated rings. The van der Waals surface area contributed by atoms with Gasteiger partial charge in [0.1, 0.15) is 25.0 Å². The molecule has 2 unspecified atom stereocenters. The number of hydrogen-bond acceptors (Lipinski definition) is 7. The van der Waals surface area contributed by atoms with E-state index in [0.29, 0.717) is 5.06 Å². The molecule has 10 heteroatoms. The first-order chi connectivity index (χ1) is 8.45. The van der Waals surface area contributed by atoms with Gasteiger partial charge in [0.05, 0.1) is 6.61 Å². The van der Waals surface area contributed by atoms with E-state index in [0.717, 1.165) is 4.90 Å². The third-order valence-corrected chi connectivity index (χ3v) is 3.13. The van der Waals surface area contributed by atoms with Gasteiger partial charge in [-0.25, -0.2) is 9.86 Å². The van der Waals surface area contributed by atoms with Crippen molar-refractivity contribution in [1.82, 2.24) is 15.3 Å². The Bertz CT molecular complexity index is 369. The number of rotatable bonds is 2. The van der Waals surface area contributed by atoms with Gasteiger partial charge < -0.3 is 20.1 Å². The van der Waals surface area contributed by atoms with E-state index in [1.54, 1.807) is 0 Å². The number of carbonyl (C=O) groups excluding carboxylic acids is 1. The van der Waals surface area contributed by atoms with Crippen LogP contribution >= 0.6 is 12.2 Å². The van der Waals surface area contributed by atoms with Crippen LogP contribution in [0.4, 0.5) is 4.79 Å². The second-order valence-corrected chi connectivity index (χ2v) is 4.36. The normalized spacial score (nSPS) is 37.1. The van der Waals surface area contributed by atoms with Gasteiger partial charge in [0, 0.05) is 0 Å². The molecule has 2 saturated heterocycles. The Kier molecular flexibility index (Phi) is 3.66. The summed E-state index contributed by atoms with van der Waals surface area (Å²) in [5.74, 6) is 0. The molecule has 0 aromatic heterocycles. The van der Waals surface area contributed by atoms with Crippen molar-refractivity contribution in [2.45, 2.75) is 24.5 Å². The summed E-state index contributed by atoms with van der Waals surface area (Å²) in [6.07, 6.45) is -4.85. The predicted octanol–water partition coefficient (Wildman–Crippen LogP) is -2.62. The van der Waals surface area contributed by atoms with Crippen LogP contribution in [0.1, 0.15) is 0 Å². The first-order valence-electron chi connectivity index (χ1n) is 5.16. The SMILES string of the molecule is O=C1NC(=S)N(O)CN1[C@H]1O[C@@H](CO)C(O)C1O. The van der Waals surface area contributed by atoms with Gasteiger partial charge in [0.2, 0.25) is 5.11 Å². The highest BCUT2D eigenvalue weighted by molar-refractivity contribution is 7.80. The van der Waals surface area contributed by atoms with Gasteiger partial charge in [0.15, 0.2) is 6.23 Å².